The number of benzene rings is 1. The smallest absolute Gasteiger partial charge is 0.145 e. The van der Waals surface area contributed by atoms with E-state index in [1.54, 1.807) is 12.1 Å². The molecule has 1 N–H and O–H groups in total. The summed E-state index contributed by atoms with van der Waals surface area (Å²) >= 11 is 0. The van der Waals surface area contributed by atoms with E-state index in [0.29, 0.717) is 5.76 Å². The summed E-state index contributed by atoms with van der Waals surface area (Å²) in [5, 5.41) is 9.65. The summed E-state index contributed by atoms with van der Waals surface area (Å²) in [5.41, 5.74) is 0. The van der Waals surface area contributed by atoms with Gasteiger partial charge in [-0.15, -0.1) is 0 Å². The Hall–Kier alpha value is -1.74. The minimum atomic E-state index is -0.722. The Bertz CT molecular complexity index is 381. The zero-order chi connectivity index (χ0) is 10.5. The second-order valence-electron chi connectivity index (χ2n) is 3.16. The van der Waals surface area contributed by atoms with Gasteiger partial charge in [-0.05, 0) is 24.3 Å². The highest BCUT2D eigenvalue weighted by Crippen LogP contribution is 2.15. The van der Waals surface area contributed by atoms with E-state index >= 15 is 0 Å². The first-order valence-corrected chi connectivity index (χ1v) is 4.75. The van der Waals surface area contributed by atoms with Crippen LogP contribution in [0.1, 0.15) is 11.9 Å². The maximum atomic E-state index is 9.65. The predicted molar refractivity (Wildman–Crippen MR) is 55.6 cm³/mol. The number of rotatable bonds is 4. The molecule has 3 nitrogen and oxygen atoms in total. The van der Waals surface area contributed by atoms with Crippen LogP contribution >= 0.6 is 0 Å². The molecular weight excluding hydrogens is 192 g/mol. The molecule has 2 rings (SSSR count). The number of hydrogen-bond donors (Lipinski definition) is 1. The molecule has 1 unspecified atom stereocenters. The Balaban J connectivity index is 1.89. The molecule has 1 aromatic carbocycles. The number of furan rings is 1. The lowest BCUT2D eigenvalue weighted by Gasteiger charge is -2.09. The summed E-state index contributed by atoms with van der Waals surface area (Å²) < 4.78 is 10.4. The van der Waals surface area contributed by atoms with Gasteiger partial charge in [0.05, 0.1) is 6.26 Å². The van der Waals surface area contributed by atoms with Crippen LogP contribution in [0.25, 0.3) is 0 Å². The van der Waals surface area contributed by atoms with Crippen molar-refractivity contribution < 1.29 is 14.3 Å². The van der Waals surface area contributed by atoms with E-state index in [1.165, 1.54) is 6.26 Å². The van der Waals surface area contributed by atoms with Crippen molar-refractivity contribution in [2.45, 2.75) is 6.10 Å². The van der Waals surface area contributed by atoms with E-state index in [0.717, 1.165) is 5.75 Å². The molecule has 0 fully saturated rings. The Morgan fingerprint density at radius 1 is 1.13 bits per heavy atom. The van der Waals surface area contributed by atoms with Gasteiger partial charge in [-0.3, -0.25) is 0 Å². The van der Waals surface area contributed by atoms with Crippen LogP contribution in [-0.4, -0.2) is 11.7 Å². The molecule has 0 aliphatic heterocycles. The van der Waals surface area contributed by atoms with Gasteiger partial charge < -0.3 is 14.3 Å². The lowest BCUT2D eigenvalue weighted by molar-refractivity contribution is 0.0888. The normalized spacial score (nSPS) is 12.3. The number of ether oxygens (including phenoxy) is 1. The van der Waals surface area contributed by atoms with Crippen molar-refractivity contribution in [1.82, 2.24) is 0 Å². The lowest BCUT2D eigenvalue weighted by Crippen LogP contribution is -2.08. The van der Waals surface area contributed by atoms with Crippen molar-refractivity contribution in [3.05, 3.63) is 54.5 Å². The van der Waals surface area contributed by atoms with Crippen LogP contribution in [-0.2, 0) is 0 Å². The third-order valence-corrected chi connectivity index (χ3v) is 2.02. The highest BCUT2D eigenvalue weighted by molar-refractivity contribution is 5.21. The highest BCUT2D eigenvalue weighted by Gasteiger charge is 2.10. The molecule has 0 aliphatic rings. The van der Waals surface area contributed by atoms with Crippen LogP contribution in [0.4, 0.5) is 0 Å². The minimum Gasteiger partial charge on any atom is -0.490 e. The molecule has 15 heavy (non-hydrogen) atoms. The number of para-hydroxylation sites is 1. The fourth-order valence-electron chi connectivity index (χ4n) is 1.25. The third kappa shape index (κ3) is 2.60. The molecule has 0 saturated carbocycles. The first-order chi connectivity index (χ1) is 7.36. The molecule has 1 aromatic heterocycles. The Morgan fingerprint density at radius 2 is 1.93 bits per heavy atom. The van der Waals surface area contributed by atoms with Crippen molar-refractivity contribution in [2.24, 2.45) is 0 Å². The standard InChI is InChI=1S/C12H12O3/c13-11(12-7-4-8-14-12)9-15-10-5-2-1-3-6-10/h1-8,11,13H,9H2. The van der Waals surface area contributed by atoms with Crippen molar-refractivity contribution in [2.75, 3.05) is 6.61 Å². The van der Waals surface area contributed by atoms with Crippen molar-refractivity contribution >= 4 is 0 Å². The molecule has 0 bridgehead atoms. The van der Waals surface area contributed by atoms with Gasteiger partial charge in [0.1, 0.15) is 24.2 Å². The molecule has 0 aliphatic carbocycles. The van der Waals surface area contributed by atoms with Crippen molar-refractivity contribution in [1.29, 1.82) is 0 Å². The van der Waals surface area contributed by atoms with E-state index in [2.05, 4.69) is 0 Å². The number of hydrogen-bond acceptors (Lipinski definition) is 3. The summed E-state index contributed by atoms with van der Waals surface area (Å²) in [6.45, 7) is 0.192. The molecule has 0 saturated heterocycles. The molecule has 1 atom stereocenters. The molecule has 78 valence electrons. The maximum Gasteiger partial charge on any atom is 0.145 e. The third-order valence-electron chi connectivity index (χ3n) is 2.02. The van der Waals surface area contributed by atoms with E-state index in [1.807, 2.05) is 30.3 Å². The van der Waals surface area contributed by atoms with Crippen LogP contribution in [0, 0.1) is 0 Å². The summed E-state index contributed by atoms with van der Waals surface area (Å²) in [6.07, 6.45) is 0.807. The van der Waals surface area contributed by atoms with Gasteiger partial charge in [0, 0.05) is 0 Å². The number of aliphatic hydroxyl groups excluding tert-OH is 1. The van der Waals surface area contributed by atoms with Gasteiger partial charge in [0.25, 0.3) is 0 Å². The van der Waals surface area contributed by atoms with E-state index < -0.39 is 6.10 Å². The predicted octanol–water partition coefficient (Wildman–Crippen LogP) is 2.39. The molecule has 0 amide bonds. The average molecular weight is 204 g/mol. The summed E-state index contributed by atoms with van der Waals surface area (Å²) in [7, 11) is 0. The second kappa shape index (κ2) is 4.66. The zero-order valence-electron chi connectivity index (χ0n) is 8.17. The monoisotopic (exact) mass is 204 g/mol. The Labute approximate surface area is 87.9 Å². The first kappa shape index (κ1) is 9.80. The Kier molecular flexibility index (Phi) is 3.05. The molecular formula is C12H12O3. The van der Waals surface area contributed by atoms with Gasteiger partial charge in [-0.25, -0.2) is 0 Å². The maximum absolute atomic E-state index is 9.65. The van der Waals surface area contributed by atoms with Crippen molar-refractivity contribution in [3.63, 3.8) is 0 Å². The second-order valence-corrected chi connectivity index (χ2v) is 3.16. The van der Waals surface area contributed by atoms with Crippen LogP contribution in [0.5, 0.6) is 5.75 Å². The van der Waals surface area contributed by atoms with Gasteiger partial charge >= 0.3 is 0 Å². The highest BCUT2D eigenvalue weighted by atomic mass is 16.5. The lowest BCUT2D eigenvalue weighted by atomic mass is 10.3. The summed E-state index contributed by atoms with van der Waals surface area (Å²) in [5.74, 6) is 1.26. The van der Waals surface area contributed by atoms with E-state index in [9.17, 15) is 5.11 Å². The zero-order valence-corrected chi connectivity index (χ0v) is 8.17. The van der Waals surface area contributed by atoms with Gasteiger partial charge in [-0.1, -0.05) is 18.2 Å². The fourth-order valence-corrected chi connectivity index (χ4v) is 1.25. The van der Waals surface area contributed by atoms with Crippen LogP contribution in [0.2, 0.25) is 0 Å². The summed E-state index contributed by atoms with van der Waals surface area (Å²) in [4.78, 5) is 0. The first-order valence-electron chi connectivity index (χ1n) is 4.75. The topological polar surface area (TPSA) is 42.6 Å². The molecule has 0 spiro atoms. The van der Waals surface area contributed by atoms with E-state index in [4.69, 9.17) is 9.15 Å². The minimum absolute atomic E-state index is 0.192. The number of aliphatic hydroxyl groups is 1. The quantitative estimate of drug-likeness (QED) is 0.831. The molecule has 3 heteroatoms. The fraction of sp³-hybridized carbons (Fsp3) is 0.167. The Morgan fingerprint density at radius 3 is 2.60 bits per heavy atom. The largest absolute Gasteiger partial charge is 0.490 e. The SMILES string of the molecule is OC(COc1ccccc1)c1ccco1. The molecule has 2 aromatic rings. The van der Waals surface area contributed by atoms with Crippen molar-refractivity contribution in [3.8, 4) is 5.75 Å². The van der Waals surface area contributed by atoms with Gasteiger partial charge in [0.2, 0.25) is 0 Å². The van der Waals surface area contributed by atoms with Crippen LogP contribution < -0.4 is 4.74 Å². The van der Waals surface area contributed by atoms with Crippen LogP contribution in [0.15, 0.2) is 53.1 Å². The van der Waals surface area contributed by atoms with E-state index in [-0.39, 0.29) is 6.61 Å². The summed E-state index contributed by atoms with van der Waals surface area (Å²) in [6, 6.07) is 12.8. The van der Waals surface area contributed by atoms with Crippen LogP contribution in [0.3, 0.4) is 0 Å². The molecule has 1 heterocycles. The average Bonchev–Trinajstić information content (AvgIpc) is 2.81. The van der Waals surface area contributed by atoms with Gasteiger partial charge in [-0.2, -0.15) is 0 Å². The van der Waals surface area contributed by atoms with Gasteiger partial charge in [0.15, 0.2) is 0 Å². The molecule has 0 radical (unpaired) electrons.